The first kappa shape index (κ1) is 36.5. The molecule has 1 atom stereocenters. The quantitative estimate of drug-likeness (QED) is 0.202. The Hall–Kier alpha value is -4.18. The molecule has 0 aromatic carbocycles. The van der Waals surface area contributed by atoms with E-state index in [1.807, 2.05) is 72.1 Å². The summed E-state index contributed by atoms with van der Waals surface area (Å²) in [4.78, 5) is 18.8. The average molecular weight is 817 g/mol. The van der Waals surface area contributed by atoms with Crippen LogP contribution in [0, 0.1) is 45.3 Å². The Morgan fingerprint density at radius 2 is 1.27 bits per heavy atom. The number of nitriles is 4. The first-order valence-corrected chi connectivity index (χ1v) is 23.0. The molecule has 5 heterocycles. The van der Waals surface area contributed by atoms with Gasteiger partial charge in [-0.15, -0.1) is 45.3 Å². The van der Waals surface area contributed by atoms with Gasteiger partial charge in [-0.05, 0) is 86.1 Å². The lowest BCUT2D eigenvalue weighted by Crippen LogP contribution is -2.33. The van der Waals surface area contributed by atoms with Gasteiger partial charge in [0.15, 0.2) is 17.4 Å². The van der Waals surface area contributed by atoms with E-state index in [4.69, 9.17) is 0 Å². The lowest BCUT2D eigenvalue weighted by molar-refractivity contribution is 0.0833. The maximum absolute atomic E-state index is 13.7. The second-order valence-electron chi connectivity index (χ2n) is 14.9. The second kappa shape index (κ2) is 13.8. The van der Waals surface area contributed by atoms with Crippen LogP contribution in [0.15, 0.2) is 37.5 Å². The highest BCUT2D eigenvalue weighted by atomic mass is 32.2. The van der Waals surface area contributed by atoms with Gasteiger partial charge in [-0.3, -0.25) is 9.36 Å². The number of likely N-dealkylation sites (N-methyl/N-ethyl adjacent to an activating group) is 1. The summed E-state index contributed by atoms with van der Waals surface area (Å²) in [7, 11) is 0. The number of allylic oxidation sites excluding steroid dienone is 4. The third-order valence-corrected chi connectivity index (χ3v) is 18.5. The van der Waals surface area contributed by atoms with E-state index in [1.54, 1.807) is 9.47 Å². The molecular formula is C42H36N6O2S5. The first-order valence-electron chi connectivity index (χ1n) is 18.9. The van der Waals surface area contributed by atoms with Gasteiger partial charge < -0.3 is 10.0 Å². The Bertz CT molecular complexity index is 2800. The first-order chi connectivity index (χ1) is 26.8. The van der Waals surface area contributed by atoms with Gasteiger partial charge in [-0.2, -0.15) is 21.0 Å². The molecule has 55 heavy (non-hydrogen) atoms. The summed E-state index contributed by atoms with van der Waals surface area (Å²) in [5.74, 6) is 0. The maximum atomic E-state index is 13.7. The van der Waals surface area contributed by atoms with Gasteiger partial charge in [0.1, 0.15) is 34.0 Å². The molecule has 1 unspecified atom stereocenters. The minimum Gasteiger partial charge on any atom is -0.369 e. The molecule has 4 aromatic rings. The summed E-state index contributed by atoms with van der Waals surface area (Å²) in [6.45, 7) is 4.69. The molecule has 5 aliphatic rings. The number of aliphatic hydroxyl groups is 1. The van der Waals surface area contributed by atoms with Crippen molar-refractivity contribution in [2.45, 2.75) is 102 Å². The van der Waals surface area contributed by atoms with Crippen molar-refractivity contribution in [3.05, 3.63) is 73.2 Å². The standard InChI is InChI=1S/C42H36N6O2S5/c1-3-47-37(49)29(53-39(47)23(19-43)20-44)17-25-15-27-31(41(25)11-7-5-8-12-41)33-35(51-27)36-34(55-33)32-28(52-36)16-26(42(32)13-9-6-10-14-42)18-30-38(50)48(4-2)40(54-30)24(21-45)22-46/h15-18,37,49H,3-14H2,1-2H3/b29-17-,30-18-. The average Bonchev–Trinajstić information content (AvgIpc) is 4.04. The largest absolute Gasteiger partial charge is 0.369 e. The molecule has 2 saturated carbocycles. The van der Waals surface area contributed by atoms with Crippen LogP contribution in [0.2, 0.25) is 0 Å². The number of thioether (sulfide) groups is 1. The molecule has 1 saturated heterocycles. The van der Waals surface area contributed by atoms with Gasteiger partial charge in [0, 0.05) is 38.6 Å². The van der Waals surface area contributed by atoms with Crippen LogP contribution in [0.4, 0.5) is 0 Å². The van der Waals surface area contributed by atoms with Crippen LogP contribution in [-0.2, 0) is 17.4 Å². The van der Waals surface area contributed by atoms with Gasteiger partial charge in [0.2, 0.25) is 0 Å². The van der Waals surface area contributed by atoms with Crippen LogP contribution in [-0.4, -0.2) is 27.3 Å². The fraction of sp³-hybridized carbons (Fsp3) is 0.405. The number of thiophene rings is 3. The van der Waals surface area contributed by atoms with E-state index in [-0.39, 0.29) is 27.5 Å². The molecule has 276 valence electrons. The lowest BCUT2D eigenvalue weighted by Gasteiger charge is -2.37. The number of rotatable bonds is 4. The van der Waals surface area contributed by atoms with Crippen LogP contribution in [0.1, 0.15) is 98.9 Å². The van der Waals surface area contributed by atoms with Crippen molar-refractivity contribution in [3.63, 3.8) is 0 Å². The zero-order chi connectivity index (χ0) is 38.2. The predicted octanol–water partition coefficient (Wildman–Crippen LogP) is 8.83. The van der Waals surface area contributed by atoms with E-state index < -0.39 is 6.23 Å². The molecule has 2 spiro atoms. The summed E-state index contributed by atoms with van der Waals surface area (Å²) in [6, 6.07) is 8.03. The smallest absolute Gasteiger partial charge is 0.269 e. The van der Waals surface area contributed by atoms with Crippen molar-refractivity contribution < 1.29 is 5.11 Å². The molecule has 1 N–H and O–H groups in total. The van der Waals surface area contributed by atoms with Gasteiger partial charge >= 0.3 is 0 Å². The van der Waals surface area contributed by atoms with E-state index in [2.05, 4.69) is 24.3 Å². The third-order valence-electron chi connectivity index (χ3n) is 12.3. The van der Waals surface area contributed by atoms with E-state index in [0.717, 1.165) is 56.3 Å². The predicted molar refractivity (Wildman–Crippen MR) is 225 cm³/mol. The molecule has 13 heteroatoms. The number of aliphatic hydroxyl groups excluding tert-OH is 1. The van der Waals surface area contributed by atoms with Gasteiger partial charge in [-0.1, -0.05) is 50.3 Å². The van der Waals surface area contributed by atoms with E-state index in [9.17, 15) is 30.9 Å². The topological polar surface area (TPSA) is 141 Å². The number of nitrogens with zero attached hydrogens (tertiary/aromatic N) is 6. The minimum absolute atomic E-state index is 0.0252. The van der Waals surface area contributed by atoms with Gasteiger partial charge in [0.05, 0.1) is 23.3 Å². The molecule has 4 aromatic heterocycles. The Morgan fingerprint density at radius 3 is 1.76 bits per heavy atom. The van der Waals surface area contributed by atoms with E-state index in [0.29, 0.717) is 27.3 Å². The normalized spacial score (nSPS) is 21.8. The molecule has 0 radical (unpaired) electrons. The summed E-state index contributed by atoms with van der Waals surface area (Å²) in [5, 5.41) is 50.5. The molecule has 3 fully saturated rings. The monoisotopic (exact) mass is 816 g/mol. The maximum Gasteiger partial charge on any atom is 0.269 e. The number of aromatic nitrogens is 1. The van der Waals surface area contributed by atoms with Gasteiger partial charge in [-0.25, -0.2) is 0 Å². The van der Waals surface area contributed by atoms with Crippen molar-refractivity contribution in [1.82, 2.24) is 9.47 Å². The van der Waals surface area contributed by atoms with Crippen molar-refractivity contribution in [1.29, 1.82) is 21.0 Å². The number of fused-ring (bicyclic) bond motifs is 9. The molecule has 1 aliphatic heterocycles. The Balaban J connectivity index is 1.18. The van der Waals surface area contributed by atoms with Crippen molar-refractivity contribution >= 4 is 99.7 Å². The Labute approximate surface area is 338 Å². The van der Waals surface area contributed by atoms with Crippen LogP contribution in [0.5, 0.6) is 0 Å². The van der Waals surface area contributed by atoms with Crippen molar-refractivity contribution in [2.75, 3.05) is 6.54 Å². The molecule has 4 aliphatic carbocycles. The van der Waals surface area contributed by atoms with Gasteiger partial charge in [0.25, 0.3) is 5.56 Å². The number of hydrogen-bond acceptors (Lipinski definition) is 12. The van der Waals surface area contributed by atoms with E-state index >= 15 is 0 Å². The summed E-state index contributed by atoms with van der Waals surface area (Å²) in [6.07, 6.45) is 19.1. The van der Waals surface area contributed by atoms with Crippen LogP contribution in [0.3, 0.4) is 0 Å². The highest BCUT2D eigenvalue weighted by molar-refractivity contribution is 8.07. The van der Waals surface area contributed by atoms with Crippen LogP contribution >= 0.6 is 57.1 Å². The summed E-state index contributed by atoms with van der Waals surface area (Å²) in [5.41, 5.74) is 4.82. The second-order valence-corrected chi connectivity index (χ2v) is 20.1. The molecule has 0 amide bonds. The van der Waals surface area contributed by atoms with Crippen molar-refractivity contribution in [2.24, 2.45) is 0 Å². The van der Waals surface area contributed by atoms with E-state index in [1.165, 1.54) is 86.8 Å². The SMILES string of the molecule is CCN1C(=C(C#N)C#N)S/C(=C\C2=Cc3sc4c(sc5c6c(sc54)C=C(/C=c4\sc(=C(C#N)C#N)n(CC)c4=O)C64CCCCC4)c3C23CCCCC3)C1O. The lowest BCUT2D eigenvalue weighted by atomic mass is 9.67. The molecule has 8 nitrogen and oxygen atoms in total. The van der Waals surface area contributed by atoms with Crippen LogP contribution < -0.4 is 14.8 Å². The Kier molecular flexibility index (Phi) is 9.14. The van der Waals surface area contributed by atoms with Crippen LogP contribution in [0.25, 0.3) is 42.6 Å². The highest BCUT2D eigenvalue weighted by Crippen LogP contribution is 2.64. The fourth-order valence-electron chi connectivity index (χ4n) is 9.80. The zero-order valence-corrected chi connectivity index (χ0v) is 34.5. The minimum atomic E-state index is -0.898. The van der Waals surface area contributed by atoms with Crippen molar-refractivity contribution in [3.8, 4) is 24.3 Å². The summed E-state index contributed by atoms with van der Waals surface area (Å²) >= 11 is 8.33. The Morgan fingerprint density at radius 1 is 0.745 bits per heavy atom. The number of hydrogen-bond donors (Lipinski definition) is 1. The summed E-state index contributed by atoms with van der Waals surface area (Å²) < 4.78 is 8.06. The molecular weight excluding hydrogens is 781 g/mol. The highest BCUT2D eigenvalue weighted by Gasteiger charge is 2.48. The fourth-order valence-corrected chi connectivity index (χ4v) is 16.9. The molecule has 9 rings (SSSR count). The zero-order valence-electron chi connectivity index (χ0n) is 30.5. The molecule has 0 bridgehead atoms. The number of thiazole rings is 1. The third kappa shape index (κ3) is 5.21.